The molecule has 4 fully saturated rings. The quantitative estimate of drug-likeness (QED) is 0.224. The molecular weight excluding hydrogens is 638 g/mol. The van der Waals surface area contributed by atoms with E-state index in [1.54, 1.807) is 4.90 Å². The Balaban J connectivity index is 1.57. The van der Waals surface area contributed by atoms with Gasteiger partial charge in [0.25, 0.3) is 5.91 Å². The monoisotopic (exact) mass is 695 g/mol. The lowest BCUT2D eigenvalue weighted by Gasteiger charge is -2.48. The van der Waals surface area contributed by atoms with E-state index in [4.69, 9.17) is 4.74 Å². The van der Waals surface area contributed by atoms with Crippen LogP contribution in [0.5, 0.6) is 0 Å². The molecule has 0 bridgehead atoms. The first-order valence-corrected chi connectivity index (χ1v) is 19.4. The summed E-state index contributed by atoms with van der Waals surface area (Å²) >= 11 is 0. The third-order valence-electron chi connectivity index (χ3n) is 11.0. The number of carbonyl (C=O) groups excluding carboxylic acids is 5. The molecule has 3 heterocycles. The predicted octanol–water partition coefficient (Wildman–Crippen LogP) is 2.08. The predicted molar refractivity (Wildman–Crippen MR) is 181 cm³/mol. The Bertz CT molecular complexity index is 1350. The summed E-state index contributed by atoms with van der Waals surface area (Å²) in [6, 6.07) is -3.57. The van der Waals surface area contributed by atoms with Crippen molar-refractivity contribution in [1.82, 2.24) is 26.2 Å². The van der Waals surface area contributed by atoms with Gasteiger partial charge in [0.2, 0.25) is 17.6 Å². The second kappa shape index (κ2) is 14.6. The zero-order valence-electron chi connectivity index (χ0n) is 29.8. The number of likely N-dealkylation sites (tertiary alicyclic amines) is 1. The number of hydrogen-bond donors (Lipinski definition) is 4. The van der Waals surface area contributed by atoms with Crippen LogP contribution in [-0.2, 0) is 33.8 Å². The van der Waals surface area contributed by atoms with Crippen molar-refractivity contribution in [1.29, 1.82) is 0 Å². The summed E-state index contributed by atoms with van der Waals surface area (Å²) in [5.74, 6) is -2.37. The van der Waals surface area contributed by atoms with E-state index >= 15 is 0 Å². The minimum Gasteiger partial charge on any atom is -0.381 e. The Morgan fingerprint density at radius 3 is 2.21 bits per heavy atom. The van der Waals surface area contributed by atoms with Gasteiger partial charge in [-0.2, -0.15) is 0 Å². The average Bonchev–Trinajstić information content (AvgIpc) is 3.54. The molecule has 4 N–H and O–H groups in total. The van der Waals surface area contributed by atoms with Crippen molar-refractivity contribution >= 4 is 39.4 Å². The van der Waals surface area contributed by atoms with Gasteiger partial charge in [0, 0.05) is 26.3 Å². The summed E-state index contributed by atoms with van der Waals surface area (Å²) in [6.45, 7) is 14.7. The van der Waals surface area contributed by atoms with Gasteiger partial charge in [0.1, 0.15) is 12.1 Å². The van der Waals surface area contributed by atoms with E-state index in [0.717, 1.165) is 0 Å². The molecular formula is C34H57N5O8S. The summed E-state index contributed by atoms with van der Waals surface area (Å²) in [6.07, 6.45) is 3.89. The second-order valence-electron chi connectivity index (χ2n) is 16.0. The molecule has 3 saturated heterocycles. The normalized spacial score (nSPS) is 28.3. The van der Waals surface area contributed by atoms with Crippen molar-refractivity contribution in [3.8, 4) is 0 Å². The fourth-order valence-corrected chi connectivity index (χ4v) is 10.7. The van der Waals surface area contributed by atoms with Crippen LogP contribution in [0.2, 0.25) is 0 Å². The number of ether oxygens (including phenoxy) is 1. The molecule has 0 spiro atoms. The third-order valence-corrected chi connectivity index (χ3v) is 13.4. The van der Waals surface area contributed by atoms with Crippen molar-refractivity contribution in [3.05, 3.63) is 0 Å². The number of amides is 5. The van der Waals surface area contributed by atoms with Gasteiger partial charge in [-0.25, -0.2) is 13.2 Å². The summed E-state index contributed by atoms with van der Waals surface area (Å²) in [4.78, 5) is 69.5. The molecule has 13 nitrogen and oxygen atoms in total. The lowest BCUT2D eigenvalue weighted by molar-refractivity contribution is -0.145. The van der Waals surface area contributed by atoms with Crippen LogP contribution in [-0.4, -0.2) is 104 Å². The number of sulfone groups is 1. The molecule has 0 aromatic rings. The Morgan fingerprint density at radius 1 is 1.00 bits per heavy atom. The molecule has 6 atom stereocenters. The van der Waals surface area contributed by atoms with Crippen LogP contribution in [0.15, 0.2) is 0 Å². The summed E-state index contributed by atoms with van der Waals surface area (Å²) < 4.78 is 31.6. The van der Waals surface area contributed by atoms with Crippen LogP contribution in [0.1, 0.15) is 99.8 Å². The van der Waals surface area contributed by atoms with E-state index in [9.17, 15) is 32.4 Å². The van der Waals surface area contributed by atoms with Gasteiger partial charge in [0.15, 0.2) is 9.84 Å². The van der Waals surface area contributed by atoms with E-state index in [1.807, 2.05) is 34.6 Å². The lowest BCUT2D eigenvalue weighted by Crippen LogP contribution is -2.65. The first-order valence-electron chi connectivity index (χ1n) is 17.7. The van der Waals surface area contributed by atoms with Crippen molar-refractivity contribution < 1.29 is 37.1 Å². The Morgan fingerprint density at radius 2 is 1.67 bits per heavy atom. The average molecular weight is 696 g/mol. The molecule has 3 aliphatic heterocycles. The number of nitrogens with zero attached hydrogens (tertiary/aromatic N) is 1. The van der Waals surface area contributed by atoms with Crippen LogP contribution >= 0.6 is 0 Å². The summed E-state index contributed by atoms with van der Waals surface area (Å²) in [7, 11) is -3.41. The zero-order chi connectivity index (χ0) is 35.7. The number of rotatable bonds is 12. The maximum absolute atomic E-state index is 14.5. The SMILES string of the molecule is CCCNC(=O)C(=O)[C@H](CCC)NC(=O)[C@@H]1[C@H]2CC(C)(C)[C@H]2CN1C(=O)[C@@H](NC(=O)NC1(C2CCCS2(=O)=O)CCOCC1)C(C)(C)C. The fourth-order valence-electron chi connectivity index (χ4n) is 8.34. The van der Waals surface area contributed by atoms with E-state index in [0.29, 0.717) is 71.2 Å². The van der Waals surface area contributed by atoms with E-state index in [2.05, 4.69) is 35.1 Å². The standard InChI is InChI=1S/C34H57N5O8S/c1-8-11-23(26(40)29(42)35-15-9-2)36-28(41)25-21-19-33(6,7)22(21)20-39(25)30(43)27(32(3,4)5)37-31(44)38-34(13-16-47-17-14-34)24-12-10-18-48(24,45)46/h21-25,27H,8-20H2,1-7H3,(H,35,42)(H,36,41)(H2,37,38,44)/t21-,22-,23-,24?,25-,27+/m0/s1. The van der Waals surface area contributed by atoms with Gasteiger partial charge in [-0.15, -0.1) is 0 Å². The highest BCUT2D eigenvalue weighted by atomic mass is 32.2. The van der Waals surface area contributed by atoms with E-state index in [1.165, 1.54) is 0 Å². The highest BCUT2D eigenvalue weighted by Gasteiger charge is 2.61. The molecule has 1 aliphatic carbocycles. The van der Waals surface area contributed by atoms with Crippen LogP contribution < -0.4 is 21.3 Å². The minimum absolute atomic E-state index is 0.0397. The van der Waals surface area contributed by atoms with Gasteiger partial charge in [-0.1, -0.05) is 54.9 Å². The van der Waals surface area contributed by atoms with Crippen LogP contribution in [0.3, 0.4) is 0 Å². The van der Waals surface area contributed by atoms with Crippen LogP contribution in [0, 0.1) is 22.7 Å². The molecule has 4 aliphatic rings. The number of carbonyl (C=O) groups is 5. The summed E-state index contributed by atoms with van der Waals surface area (Å²) in [5.41, 5.74) is -1.89. The molecule has 1 unspecified atom stereocenters. The van der Waals surface area contributed by atoms with Gasteiger partial charge in [-0.05, 0) is 67.6 Å². The Labute approximate surface area is 285 Å². The number of ketones is 1. The summed E-state index contributed by atoms with van der Waals surface area (Å²) in [5, 5.41) is 10.6. The van der Waals surface area contributed by atoms with Gasteiger partial charge >= 0.3 is 6.03 Å². The highest BCUT2D eigenvalue weighted by Crippen LogP contribution is 2.57. The van der Waals surface area contributed by atoms with Crippen molar-refractivity contribution in [2.75, 3.05) is 32.1 Å². The molecule has 48 heavy (non-hydrogen) atoms. The molecule has 272 valence electrons. The van der Waals surface area contributed by atoms with Crippen molar-refractivity contribution in [3.63, 3.8) is 0 Å². The molecule has 14 heteroatoms. The van der Waals surface area contributed by atoms with Crippen molar-refractivity contribution in [2.24, 2.45) is 22.7 Å². The molecule has 1 saturated carbocycles. The topological polar surface area (TPSA) is 180 Å². The number of Topliss-reactive ketones (excluding diaryl/α,β-unsaturated/α-hetero) is 1. The zero-order valence-corrected chi connectivity index (χ0v) is 30.6. The third kappa shape index (κ3) is 7.84. The van der Waals surface area contributed by atoms with Crippen LogP contribution in [0.25, 0.3) is 0 Å². The molecule has 0 aromatic carbocycles. The second-order valence-corrected chi connectivity index (χ2v) is 18.3. The van der Waals surface area contributed by atoms with Gasteiger partial charge in [0.05, 0.1) is 22.6 Å². The van der Waals surface area contributed by atoms with Crippen LogP contribution in [0.4, 0.5) is 4.79 Å². The van der Waals surface area contributed by atoms with Gasteiger partial charge in [-0.3, -0.25) is 19.2 Å². The number of nitrogens with one attached hydrogen (secondary N) is 4. The van der Waals surface area contributed by atoms with E-state index in [-0.39, 0.29) is 29.4 Å². The van der Waals surface area contributed by atoms with E-state index < -0.39 is 73.7 Å². The lowest BCUT2D eigenvalue weighted by atomic mass is 9.55. The smallest absolute Gasteiger partial charge is 0.315 e. The minimum atomic E-state index is -3.41. The maximum atomic E-state index is 14.5. The van der Waals surface area contributed by atoms with Gasteiger partial charge < -0.3 is 30.9 Å². The largest absolute Gasteiger partial charge is 0.381 e. The fraction of sp³-hybridized carbons (Fsp3) is 0.853. The Kier molecular flexibility index (Phi) is 11.6. The molecule has 0 aromatic heterocycles. The molecule has 4 rings (SSSR count). The molecule has 0 radical (unpaired) electrons. The number of hydrogen-bond acceptors (Lipinski definition) is 8. The number of urea groups is 1. The number of fused-ring (bicyclic) bond motifs is 1. The van der Waals surface area contributed by atoms with Crippen molar-refractivity contribution in [2.45, 2.75) is 129 Å². The molecule has 5 amide bonds. The first kappa shape index (κ1) is 38.1. The highest BCUT2D eigenvalue weighted by molar-refractivity contribution is 7.92. The first-order chi connectivity index (χ1) is 22.4. The Hall–Kier alpha value is -2.74. The maximum Gasteiger partial charge on any atom is 0.315 e.